The normalized spacial score (nSPS) is 13.3. The van der Waals surface area contributed by atoms with E-state index in [1.54, 1.807) is 0 Å². The van der Waals surface area contributed by atoms with Crippen LogP contribution in [0.4, 0.5) is 0 Å². The van der Waals surface area contributed by atoms with E-state index in [9.17, 15) is 9.90 Å². The number of aliphatic hydroxyl groups excluding tert-OH is 1. The second-order valence-electron chi connectivity index (χ2n) is 3.70. The first kappa shape index (κ1) is 13.9. The summed E-state index contributed by atoms with van der Waals surface area (Å²) in [5.74, 6) is -1.20. The minimum atomic E-state index is -1.20. The molecule has 0 heterocycles. The summed E-state index contributed by atoms with van der Waals surface area (Å²) in [6, 6.07) is 0. The first-order chi connectivity index (χ1) is 4.81. The molecule has 0 aliphatic heterocycles. The minimum absolute atomic E-state index is 0. The third kappa shape index (κ3) is 9.35. The molecular formula is C7H18N2O3. The number of rotatable bonds is 4. The van der Waals surface area contributed by atoms with Crippen LogP contribution in [-0.4, -0.2) is 49.4 Å². The molecule has 5 heteroatoms. The van der Waals surface area contributed by atoms with Crippen molar-refractivity contribution in [3.05, 3.63) is 0 Å². The Bertz CT molecular complexity index is 142. The smallest absolute Gasteiger partial charge is 0.108 e. The van der Waals surface area contributed by atoms with E-state index in [1.165, 1.54) is 0 Å². The fourth-order valence-electron chi connectivity index (χ4n) is 0.889. The van der Waals surface area contributed by atoms with Gasteiger partial charge in [0.25, 0.3) is 0 Å². The van der Waals surface area contributed by atoms with Crippen LogP contribution in [0.3, 0.4) is 0 Å². The lowest BCUT2D eigenvalue weighted by Crippen LogP contribution is -2.43. The summed E-state index contributed by atoms with van der Waals surface area (Å²) in [5, 5.41) is 19.1. The number of carboxylic acid groups (broad SMARTS) is 1. The molecule has 1 unspecified atom stereocenters. The molecule has 0 saturated heterocycles. The molecule has 0 fully saturated rings. The Kier molecular flexibility index (Phi) is 5.88. The fourth-order valence-corrected chi connectivity index (χ4v) is 0.889. The molecule has 0 aliphatic rings. The largest absolute Gasteiger partial charge is 0.550 e. The van der Waals surface area contributed by atoms with Crippen molar-refractivity contribution in [2.24, 2.45) is 0 Å². The van der Waals surface area contributed by atoms with Gasteiger partial charge >= 0.3 is 0 Å². The van der Waals surface area contributed by atoms with Crippen molar-refractivity contribution in [3.63, 3.8) is 0 Å². The summed E-state index contributed by atoms with van der Waals surface area (Å²) in [6.07, 6.45) is -1.09. The van der Waals surface area contributed by atoms with Gasteiger partial charge in [-0.3, -0.25) is 0 Å². The number of quaternary nitrogens is 1. The lowest BCUT2D eigenvalue weighted by atomic mass is 10.2. The van der Waals surface area contributed by atoms with Crippen LogP contribution in [-0.2, 0) is 4.79 Å². The predicted molar refractivity (Wildman–Crippen MR) is 43.6 cm³/mol. The zero-order valence-electron chi connectivity index (χ0n) is 7.91. The number of carboxylic acids is 1. The van der Waals surface area contributed by atoms with E-state index in [2.05, 4.69) is 0 Å². The molecule has 74 valence electrons. The van der Waals surface area contributed by atoms with Gasteiger partial charge in [-0.25, -0.2) is 0 Å². The molecule has 0 saturated carbocycles. The maximum Gasteiger partial charge on any atom is 0.108 e. The van der Waals surface area contributed by atoms with Crippen LogP contribution in [0.5, 0.6) is 0 Å². The van der Waals surface area contributed by atoms with Gasteiger partial charge in [0.15, 0.2) is 0 Å². The van der Waals surface area contributed by atoms with E-state index < -0.39 is 12.1 Å². The van der Waals surface area contributed by atoms with Gasteiger partial charge in [-0.1, -0.05) is 0 Å². The van der Waals surface area contributed by atoms with Crippen molar-refractivity contribution in [1.82, 2.24) is 6.15 Å². The molecule has 0 spiro atoms. The minimum Gasteiger partial charge on any atom is -0.550 e. The average Bonchev–Trinajstić information content (AvgIpc) is 1.53. The van der Waals surface area contributed by atoms with Gasteiger partial charge in [0.1, 0.15) is 12.6 Å². The summed E-state index contributed by atoms with van der Waals surface area (Å²) in [6.45, 7) is 0.425. The molecule has 0 aromatic carbocycles. The Hall–Kier alpha value is -0.650. The summed E-state index contributed by atoms with van der Waals surface area (Å²) in [5.41, 5.74) is 0. The van der Waals surface area contributed by atoms with E-state index >= 15 is 0 Å². The maximum absolute atomic E-state index is 10.0. The van der Waals surface area contributed by atoms with Gasteiger partial charge < -0.3 is 25.6 Å². The van der Waals surface area contributed by atoms with Gasteiger partial charge in [0.2, 0.25) is 0 Å². The van der Waals surface area contributed by atoms with Crippen LogP contribution >= 0.6 is 0 Å². The van der Waals surface area contributed by atoms with E-state index in [4.69, 9.17) is 5.11 Å². The average molecular weight is 178 g/mol. The third-order valence-corrected chi connectivity index (χ3v) is 1.16. The summed E-state index contributed by atoms with van der Waals surface area (Å²) in [4.78, 5) is 10.0. The number of likely N-dealkylation sites (N-methyl/N-ethyl adjacent to an activating group) is 1. The van der Waals surface area contributed by atoms with E-state index in [0.717, 1.165) is 0 Å². The van der Waals surface area contributed by atoms with E-state index in [0.29, 0.717) is 11.0 Å². The highest BCUT2D eigenvalue weighted by molar-refractivity contribution is 5.64. The van der Waals surface area contributed by atoms with Crippen LogP contribution < -0.4 is 11.3 Å². The topological polar surface area (TPSA) is 95.4 Å². The van der Waals surface area contributed by atoms with Crippen LogP contribution in [0.1, 0.15) is 6.42 Å². The molecule has 0 bridgehead atoms. The Morgan fingerprint density at radius 1 is 1.50 bits per heavy atom. The van der Waals surface area contributed by atoms with E-state index in [-0.39, 0.29) is 12.6 Å². The maximum atomic E-state index is 10.0. The van der Waals surface area contributed by atoms with Crippen LogP contribution in [0.2, 0.25) is 0 Å². The second-order valence-corrected chi connectivity index (χ2v) is 3.70. The lowest BCUT2D eigenvalue weighted by Gasteiger charge is -2.26. The van der Waals surface area contributed by atoms with Crippen LogP contribution in [0.15, 0.2) is 0 Å². The molecular weight excluding hydrogens is 160 g/mol. The standard InChI is InChI=1S/C7H15NO3.H3N/c1-8(2,3)5-6(9)4-7(10)11;/h6,9H,4-5H2,1-3H3;1H3. The molecule has 5 nitrogen and oxygen atoms in total. The quantitative estimate of drug-likeness (QED) is 0.504. The first-order valence-corrected chi connectivity index (χ1v) is 3.49. The number of carbonyl (C=O) groups is 1. The second kappa shape index (κ2) is 5.08. The highest BCUT2D eigenvalue weighted by Gasteiger charge is 2.14. The predicted octanol–water partition coefficient (Wildman–Crippen LogP) is -1.64. The molecule has 0 aliphatic carbocycles. The van der Waals surface area contributed by atoms with Gasteiger partial charge in [0, 0.05) is 12.4 Å². The molecule has 0 rings (SSSR count). The first-order valence-electron chi connectivity index (χ1n) is 3.49. The van der Waals surface area contributed by atoms with Gasteiger partial charge in [-0.05, 0) is 0 Å². The van der Waals surface area contributed by atoms with Crippen molar-refractivity contribution in [3.8, 4) is 0 Å². The molecule has 0 aromatic heterocycles. The molecule has 1 atom stereocenters. The zero-order valence-corrected chi connectivity index (χ0v) is 7.91. The van der Waals surface area contributed by atoms with Crippen molar-refractivity contribution in [2.75, 3.05) is 27.7 Å². The van der Waals surface area contributed by atoms with Crippen molar-refractivity contribution < 1.29 is 19.5 Å². The van der Waals surface area contributed by atoms with Crippen LogP contribution in [0.25, 0.3) is 0 Å². The zero-order chi connectivity index (χ0) is 9.07. The van der Waals surface area contributed by atoms with E-state index in [1.807, 2.05) is 21.1 Å². The number of aliphatic carboxylic acids is 1. The molecule has 12 heavy (non-hydrogen) atoms. The summed E-state index contributed by atoms with van der Waals surface area (Å²) in [7, 11) is 5.66. The van der Waals surface area contributed by atoms with Gasteiger partial charge in [0.05, 0.1) is 21.1 Å². The Morgan fingerprint density at radius 2 is 1.92 bits per heavy atom. The molecule has 4 N–H and O–H groups in total. The molecule has 0 radical (unpaired) electrons. The highest BCUT2D eigenvalue weighted by atomic mass is 16.4. The summed E-state index contributed by atoms with van der Waals surface area (Å²) >= 11 is 0. The lowest BCUT2D eigenvalue weighted by molar-refractivity contribution is -0.873. The number of nitrogens with zero attached hydrogens (tertiary/aromatic N) is 1. The highest BCUT2D eigenvalue weighted by Crippen LogP contribution is 1.97. The number of aliphatic hydroxyl groups is 1. The number of hydrogen-bond donors (Lipinski definition) is 2. The number of carbonyl (C=O) groups excluding carboxylic acids is 1. The van der Waals surface area contributed by atoms with Gasteiger partial charge in [-0.15, -0.1) is 0 Å². The summed E-state index contributed by atoms with van der Waals surface area (Å²) < 4.78 is 0.550. The van der Waals surface area contributed by atoms with Crippen molar-refractivity contribution in [2.45, 2.75) is 12.5 Å². The van der Waals surface area contributed by atoms with Gasteiger partial charge in [-0.2, -0.15) is 0 Å². The Labute approximate surface area is 72.8 Å². The molecule has 0 aromatic rings. The Balaban J connectivity index is 0. The Morgan fingerprint density at radius 3 is 2.17 bits per heavy atom. The number of hydrogen-bond acceptors (Lipinski definition) is 4. The monoisotopic (exact) mass is 178 g/mol. The SMILES string of the molecule is C[N+](C)(C)CC(O)CC(=O)[O-].N. The third-order valence-electron chi connectivity index (χ3n) is 1.16. The molecule has 0 amide bonds. The van der Waals surface area contributed by atoms with Crippen molar-refractivity contribution >= 4 is 5.97 Å². The van der Waals surface area contributed by atoms with Crippen LogP contribution in [0, 0.1) is 0 Å². The fraction of sp³-hybridized carbons (Fsp3) is 0.857. The van der Waals surface area contributed by atoms with Crippen molar-refractivity contribution in [1.29, 1.82) is 0 Å².